The number of nitrogens with zero attached hydrogens (tertiary/aromatic N) is 3. The maximum Gasteiger partial charge on any atom is 0.280 e. The van der Waals surface area contributed by atoms with Crippen LogP contribution in [0, 0.1) is 10.1 Å². The summed E-state index contributed by atoms with van der Waals surface area (Å²) in [6, 6.07) is 27.2. The number of nitro benzene ring substituents is 1. The Kier molecular flexibility index (Phi) is 5.27. The average Bonchev–Trinajstić information content (AvgIpc) is 3.27. The minimum atomic E-state index is -0.592. The van der Waals surface area contributed by atoms with Gasteiger partial charge in [0.2, 0.25) is 5.78 Å². The standard InChI is InChI=1S/C27H17N3O4/c31-26(19-11-5-2-6-12-19)21-15-25(27(32)20-13-7-8-14-23(20)30(33)34)29-17-28-22(16-24(21)29)18-9-3-1-4-10-18/h1-17H. The van der Waals surface area contributed by atoms with Crippen molar-refractivity contribution in [3.05, 3.63) is 136 Å². The Morgan fingerprint density at radius 3 is 2.12 bits per heavy atom. The number of hydrogen-bond donors (Lipinski definition) is 0. The first-order chi connectivity index (χ1) is 16.5. The third-order valence-corrected chi connectivity index (χ3v) is 5.59. The van der Waals surface area contributed by atoms with E-state index in [2.05, 4.69) is 4.98 Å². The molecule has 7 heteroatoms. The van der Waals surface area contributed by atoms with E-state index < -0.39 is 10.7 Å². The molecule has 0 spiro atoms. The molecule has 2 aromatic heterocycles. The van der Waals surface area contributed by atoms with Gasteiger partial charge in [0.15, 0.2) is 5.78 Å². The van der Waals surface area contributed by atoms with Gasteiger partial charge in [-0.05, 0) is 18.2 Å². The minimum absolute atomic E-state index is 0.0576. The second-order valence-electron chi connectivity index (χ2n) is 7.64. The Morgan fingerprint density at radius 2 is 1.41 bits per heavy atom. The molecule has 7 nitrogen and oxygen atoms in total. The van der Waals surface area contributed by atoms with Crippen molar-refractivity contribution >= 4 is 22.8 Å². The highest BCUT2D eigenvalue weighted by Gasteiger charge is 2.26. The monoisotopic (exact) mass is 447 g/mol. The summed E-state index contributed by atoms with van der Waals surface area (Å²) in [6.45, 7) is 0. The van der Waals surface area contributed by atoms with Crippen LogP contribution in [0.25, 0.3) is 16.8 Å². The highest BCUT2D eigenvalue weighted by Crippen LogP contribution is 2.28. The molecule has 164 valence electrons. The molecule has 0 saturated heterocycles. The van der Waals surface area contributed by atoms with Gasteiger partial charge < -0.3 is 0 Å². The summed E-state index contributed by atoms with van der Waals surface area (Å²) in [7, 11) is 0. The van der Waals surface area contributed by atoms with Crippen molar-refractivity contribution in [2.75, 3.05) is 0 Å². The van der Waals surface area contributed by atoms with Crippen LogP contribution in [0.1, 0.15) is 32.0 Å². The number of ketones is 2. The molecule has 2 heterocycles. The maximum atomic E-state index is 13.4. The van der Waals surface area contributed by atoms with Crippen molar-refractivity contribution in [1.82, 2.24) is 9.38 Å². The van der Waals surface area contributed by atoms with E-state index in [1.54, 1.807) is 36.4 Å². The van der Waals surface area contributed by atoms with Crippen molar-refractivity contribution in [3.63, 3.8) is 0 Å². The molecule has 0 atom stereocenters. The average molecular weight is 447 g/mol. The molecule has 0 amide bonds. The van der Waals surface area contributed by atoms with Crippen LogP contribution in [0.3, 0.4) is 0 Å². The Bertz CT molecular complexity index is 1560. The van der Waals surface area contributed by atoms with Gasteiger partial charge >= 0.3 is 0 Å². The lowest BCUT2D eigenvalue weighted by Crippen LogP contribution is -2.08. The molecular weight excluding hydrogens is 430 g/mol. The van der Waals surface area contributed by atoms with Crippen LogP contribution in [-0.2, 0) is 0 Å². The predicted molar refractivity (Wildman–Crippen MR) is 127 cm³/mol. The van der Waals surface area contributed by atoms with Gasteiger partial charge in [-0.2, -0.15) is 0 Å². The highest BCUT2D eigenvalue weighted by molar-refractivity contribution is 6.17. The van der Waals surface area contributed by atoms with Gasteiger partial charge in [-0.15, -0.1) is 0 Å². The first-order valence-corrected chi connectivity index (χ1v) is 10.5. The number of nitro groups is 1. The van der Waals surface area contributed by atoms with E-state index in [-0.39, 0.29) is 22.7 Å². The quantitative estimate of drug-likeness (QED) is 0.198. The SMILES string of the molecule is O=C(c1ccccc1)c1cc(C(=O)c2ccccc2[N+](=O)[O-])n2cnc(-c3ccccc3)cc12. The third-order valence-electron chi connectivity index (χ3n) is 5.59. The van der Waals surface area contributed by atoms with Crippen molar-refractivity contribution < 1.29 is 14.5 Å². The van der Waals surface area contributed by atoms with E-state index in [0.29, 0.717) is 22.3 Å². The smallest absolute Gasteiger partial charge is 0.280 e. The summed E-state index contributed by atoms with van der Waals surface area (Å²) in [5.74, 6) is -0.825. The maximum absolute atomic E-state index is 13.4. The zero-order valence-corrected chi connectivity index (χ0v) is 17.8. The molecule has 0 radical (unpaired) electrons. The van der Waals surface area contributed by atoms with Gasteiger partial charge in [0.05, 0.1) is 21.8 Å². The summed E-state index contributed by atoms with van der Waals surface area (Å²) in [5, 5.41) is 11.5. The Morgan fingerprint density at radius 1 is 0.765 bits per heavy atom. The Balaban J connectivity index is 1.73. The first kappa shape index (κ1) is 21.0. The van der Waals surface area contributed by atoms with Gasteiger partial charge in [0.1, 0.15) is 11.9 Å². The van der Waals surface area contributed by atoms with Crippen LogP contribution in [-0.4, -0.2) is 25.9 Å². The summed E-state index contributed by atoms with van der Waals surface area (Å²) in [4.78, 5) is 42.2. The molecule has 0 bridgehead atoms. The molecular formula is C27H17N3O4. The molecule has 0 aliphatic carbocycles. The van der Waals surface area contributed by atoms with Gasteiger partial charge in [-0.3, -0.25) is 24.1 Å². The molecule has 5 rings (SSSR count). The van der Waals surface area contributed by atoms with Gasteiger partial charge in [-0.25, -0.2) is 4.98 Å². The van der Waals surface area contributed by atoms with Gasteiger partial charge in [-0.1, -0.05) is 72.8 Å². The van der Waals surface area contributed by atoms with E-state index in [0.717, 1.165) is 5.56 Å². The van der Waals surface area contributed by atoms with Crippen molar-refractivity contribution in [3.8, 4) is 11.3 Å². The summed E-state index contributed by atoms with van der Waals surface area (Å²) in [5.41, 5.74) is 2.53. The number of carbonyl (C=O) groups excluding carboxylic acids is 2. The van der Waals surface area contributed by atoms with Crippen LogP contribution < -0.4 is 0 Å². The van der Waals surface area contributed by atoms with Crippen LogP contribution in [0.5, 0.6) is 0 Å². The number of hydrogen-bond acceptors (Lipinski definition) is 5. The number of fused-ring (bicyclic) bond motifs is 1. The number of rotatable bonds is 6. The molecule has 0 aliphatic rings. The Labute approximate surface area is 194 Å². The number of para-hydroxylation sites is 1. The normalized spacial score (nSPS) is 10.8. The molecule has 0 unspecified atom stereocenters. The fourth-order valence-corrected chi connectivity index (χ4v) is 3.93. The molecule has 0 aliphatic heterocycles. The summed E-state index contributed by atoms with van der Waals surface area (Å²) < 4.78 is 1.52. The lowest BCUT2D eigenvalue weighted by Gasteiger charge is -2.06. The zero-order valence-electron chi connectivity index (χ0n) is 17.8. The van der Waals surface area contributed by atoms with Gasteiger partial charge in [0.25, 0.3) is 5.69 Å². The van der Waals surface area contributed by atoms with E-state index in [1.807, 2.05) is 36.4 Å². The highest BCUT2D eigenvalue weighted by atomic mass is 16.6. The number of benzene rings is 3. The van der Waals surface area contributed by atoms with Crippen LogP contribution >= 0.6 is 0 Å². The van der Waals surface area contributed by atoms with E-state index in [9.17, 15) is 19.7 Å². The molecule has 5 aromatic rings. The largest absolute Gasteiger partial charge is 0.296 e. The topological polar surface area (TPSA) is 94.6 Å². The predicted octanol–water partition coefficient (Wildman–Crippen LogP) is 5.37. The number of aromatic nitrogens is 2. The van der Waals surface area contributed by atoms with Crippen LogP contribution in [0.15, 0.2) is 103 Å². The zero-order chi connectivity index (χ0) is 23.7. The lowest BCUT2D eigenvalue weighted by atomic mass is 10.0. The fraction of sp³-hybridized carbons (Fsp3) is 0. The first-order valence-electron chi connectivity index (χ1n) is 10.5. The van der Waals surface area contributed by atoms with E-state index in [1.165, 1.54) is 35.0 Å². The van der Waals surface area contributed by atoms with Crippen molar-refractivity contribution in [1.29, 1.82) is 0 Å². The fourth-order valence-electron chi connectivity index (χ4n) is 3.93. The second-order valence-corrected chi connectivity index (χ2v) is 7.64. The van der Waals surface area contributed by atoms with Crippen molar-refractivity contribution in [2.24, 2.45) is 0 Å². The molecule has 0 saturated carbocycles. The molecule has 3 aromatic carbocycles. The minimum Gasteiger partial charge on any atom is -0.296 e. The molecule has 34 heavy (non-hydrogen) atoms. The molecule has 0 N–H and O–H groups in total. The second kappa shape index (κ2) is 8.55. The van der Waals surface area contributed by atoms with E-state index in [4.69, 9.17) is 0 Å². The Hall–Kier alpha value is -4.91. The van der Waals surface area contributed by atoms with Gasteiger partial charge in [0, 0.05) is 22.8 Å². The van der Waals surface area contributed by atoms with Crippen molar-refractivity contribution in [2.45, 2.75) is 0 Å². The van der Waals surface area contributed by atoms with Crippen LogP contribution in [0.4, 0.5) is 5.69 Å². The molecule has 0 fully saturated rings. The van der Waals surface area contributed by atoms with Crippen LogP contribution in [0.2, 0.25) is 0 Å². The third kappa shape index (κ3) is 3.65. The summed E-state index contributed by atoms with van der Waals surface area (Å²) >= 11 is 0. The summed E-state index contributed by atoms with van der Waals surface area (Å²) in [6.07, 6.45) is 1.47. The number of carbonyl (C=O) groups is 2. The van der Waals surface area contributed by atoms with E-state index >= 15 is 0 Å². The lowest BCUT2D eigenvalue weighted by molar-refractivity contribution is -0.385.